The third kappa shape index (κ3) is 6.30. The summed E-state index contributed by atoms with van der Waals surface area (Å²) in [6, 6.07) is 15.6. The van der Waals surface area contributed by atoms with Crippen molar-refractivity contribution in [3.8, 4) is 5.75 Å². The Morgan fingerprint density at radius 2 is 1.83 bits per heavy atom. The van der Waals surface area contributed by atoms with Crippen LogP contribution in [0.5, 0.6) is 5.75 Å². The van der Waals surface area contributed by atoms with Gasteiger partial charge in [-0.15, -0.1) is 0 Å². The number of hydrogen-bond donors (Lipinski definition) is 3. The third-order valence-corrected chi connectivity index (χ3v) is 3.58. The second-order valence-electron chi connectivity index (χ2n) is 5.65. The molecule has 2 aromatic rings. The largest absolute Gasteiger partial charge is 0.494 e. The summed E-state index contributed by atoms with van der Waals surface area (Å²) in [4.78, 5) is 11.8. The molecule has 0 spiro atoms. The van der Waals surface area contributed by atoms with Crippen LogP contribution in [-0.2, 0) is 13.1 Å². The van der Waals surface area contributed by atoms with Crippen LogP contribution in [0.15, 0.2) is 48.5 Å². The van der Waals surface area contributed by atoms with E-state index >= 15 is 0 Å². The summed E-state index contributed by atoms with van der Waals surface area (Å²) in [5, 5.41) is 5.66. The van der Waals surface area contributed by atoms with Crippen molar-refractivity contribution in [1.82, 2.24) is 10.6 Å². The molecule has 0 aliphatic rings. The average molecular weight is 327 g/mol. The van der Waals surface area contributed by atoms with Gasteiger partial charge in [0.2, 0.25) is 0 Å². The number of hydrogen-bond acceptors (Lipinski definition) is 3. The van der Waals surface area contributed by atoms with E-state index < -0.39 is 0 Å². The molecule has 0 radical (unpaired) electrons. The lowest BCUT2D eigenvalue weighted by atomic mass is 10.1. The minimum Gasteiger partial charge on any atom is -0.494 e. The molecule has 4 N–H and O–H groups in total. The normalized spacial score (nSPS) is 10.2. The van der Waals surface area contributed by atoms with Crippen LogP contribution in [0.25, 0.3) is 0 Å². The summed E-state index contributed by atoms with van der Waals surface area (Å²) in [6.07, 6.45) is 0.754. The number of ether oxygens (including phenoxy) is 1. The van der Waals surface area contributed by atoms with Gasteiger partial charge in [0.05, 0.1) is 6.61 Å². The molecular formula is C19H25N3O2. The standard InChI is InChI=1S/C19H25N3O2/c1-15-6-8-18(9-7-15)24-11-3-10-21-19(23)22-14-17-5-2-4-16(12-17)13-20/h2,4-9,12H,3,10-11,13-14,20H2,1H3,(H2,21,22,23). The summed E-state index contributed by atoms with van der Waals surface area (Å²) in [6.45, 7) is 4.17. The average Bonchev–Trinajstić information content (AvgIpc) is 2.61. The molecular weight excluding hydrogens is 302 g/mol. The molecule has 5 nitrogen and oxygen atoms in total. The number of nitrogens with two attached hydrogens (primary N) is 1. The van der Waals surface area contributed by atoms with E-state index in [0.29, 0.717) is 26.2 Å². The Balaban J connectivity index is 1.58. The van der Waals surface area contributed by atoms with E-state index in [4.69, 9.17) is 10.5 Å². The van der Waals surface area contributed by atoms with Gasteiger partial charge in [-0.25, -0.2) is 4.79 Å². The zero-order valence-electron chi connectivity index (χ0n) is 14.0. The van der Waals surface area contributed by atoms with Crippen LogP contribution < -0.4 is 21.1 Å². The van der Waals surface area contributed by atoms with Gasteiger partial charge in [-0.3, -0.25) is 0 Å². The van der Waals surface area contributed by atoms with E-state index in [1.165, 1.54) is 5.56 Å². The first kappa shape index (κ1) is 17.8. The molecule has 0 aromatic heterocycles. The fraction of sp³-hybridized carbons (Fsp3) is 0.316. The molecule has 2 rings (SSSR count). The smallest absolute Gasteiger partial charge is 0.315 e. The number of carbonyl (C=O) groups excluding carboxylic acids is 1. The van der Waals surface area contributed by atoms with Gasteiger partial charge in [-0.2, -0.15) is 0 Å². The van der Waals surface area contributed by atoms with Crippen molar-refractivity contribution in [1.29, 1.82) is 0 Å². The van der Waals surface area contributed by atoms with Crippen molar-refractivity contribution < 1.29 is 9.53 Å². The lowest BCUT2D eigenvalue weighted by Gasteiger charge is -2.09. The van der Waals surface area contributed by atoms with Gasteiger partial charge in [0.1, 0.15) is 5.75 Å². The topological polar surface area (TPSA) is 76.4 Å². The first-order chi connectivity index (χ1) is 11.7. The van der Waals surface area contributed by atoms with Crippen LogP contribution in [0.4, 0.5) is 4.79 Å². The molecule has 24 heavy (non-hydrogen) atoms. The molecule has 0 bridgehead atoms. The molecule has 0 unspecified atom stereocenters. The van der Waals surface area contributed by atoms with E-state index in [-0.39, 0.29) is 6.03 Å². The minimum atomic E-state index is -0.177. The van der Waals surface area contributed by atoms with Crippen LogP contribution in [0, 0.1) is 6.92 Å². The lowest BCUT2D eigenvalue weighted by Crippen LogP contribution is -2.36. The van der Waals surface area contributed by atoms with Crippen LogP contribution in [0.2, 0.25) is 0 Å². The first-order valence-corrected chi connectivity index (χ1v) is 8.16. The minimum absolute atomic E-state index is 0.177. The highest BCUT2D eigenvalue weighted by Crippen LogP contribution is 2.11. The number of urea groups is 1. The molecule has 0 fully saturated rings. The molecule has 5 heteroatoms. The van der Waals surface area contributed by atoms with Gasteiger partial charge >= 0.3 is 6.03 Å². The molecule has 0 aliphatic carbocycles. The second kappa shape index (κ2) is 9.57. The predicted molar refractivity (Wildman–Crippen MR) is 95.9 cm³/mol. The number of amides is 2. The van der Waals surface area contributed by atoms with Crippen molar-refractivity contribution in [3.05, 3.63) is 65.2 Å². The van der Waals surface area contributed by atoms with E-state index in [9.17, 15) is 4.79 Å². The van der Waals surface area contributed by atoms with E-state index in [1.807, 2.05) is 55.5 Å². The summed E-state index contributed by atoms with van der Waals surface area (Å²) >= 11 is 0. The molecule has 0 aliphatic heterocycles. The molecule has 0 heterocycles. The summed E-state index contributed by atoms with van der Waals surface area (Å²) in [7, 11) is 0. The van der Waals surface area contributed by atoms with Gasteiger partial charge < -0.3 is 21.1 Å². The SMILES string of the molecule is Cc1ccc(OCCCNC(=O)NCc2cccc(CN)c2)cc1. The van der Waals surface area contributed by atoms with Crippen molar-refractivity contribution in [2.45, 2.75) is 26.4 Å². The maximum absolute atomic E-state index is 11.8. The maximum Gasteiger partial charge on any atom is 0.315 e. The number of carbonyl (C=O) groups is 1. The van der Waals surface area contributed by atoms with Crippen LogP contribution in [0.3, 0.4) is 0 Å². The van der Waals surface area contributed by atoms with Gasteiger partial charge in [-0.1, -0.05) is 42.0 Å². The first-order valence-electron chi connectivity index (χ1n) is 8.16. The van der Waals surface area contributed by atoms with Gasteiger partial charge in [0.15, 0.2) is 0 Å². The monoisotopic (exact) mass is 327 g/mol. The van der Waals surface area contributed by atoms with Crippen molar-refractivity contribution >= 4 is 6.03 Å². The van der Waals surface area contributed by atoms with Crippen molar-refractivity contribution in [2.24, 2.45) is 5.73 Å². The Kier molecular flexibility index (Phi) is 7.11. The summed E-state index contributed by atoms with van der Waals surface area (Å²) in [5.74, 6) is 0.852. The number of nitrogens with one attached hydrogen (secondary N) is 2. The lowest BCUT2D eigenvalue weighted by molar-refractivity contribution is 0.238. The summed E-state index contributed by atoms with van der Waals surface area (Å²) < 4.78 is 5.61. The second-order valence-corrected chi connectivity index (χ2v) is 5.65. The number of benzene rings is 2. The Morgan fingerprint density at radius 1 is 1.08 bits per heavy atom. The Morgan fingerprint density at radius 3 is 2.58 bits per heavy atom. The number of rotatable bonds is 8. The quantitative estimate of drug-likeness (QED) is 0.653. The van der Waals surface area contributed by atoms with Crippen molar-refractivity contribution in [2.75, 3.05) is 13.2 Å². The zero-order valence-corrected chi connectivity index (χ0v) is 14.0. The molecule has 2 amide bonds. The van der Waals surface area contributed by atoms with Crippen LogP contribution in [0.1, 0.15) is 23.1 Å². The van der Waals surface area contributed by atoms with E-state index in [2.05, 4.69) is 10.6 Å². The summed E-state index contributed by atoms with van der Waals surface area (Å²) in [5.41, 5.74) is 8.91. The maximum atomic E-state index is 11.8. The zero-order chi connectivity index (χ0) is 17.2. The highest BCUT2D eigenvalue weighted by Gasteiger charge is 2.01. The van der Waals surface area contributed by atoms with E-state index in [1.54, 1.807) is 0 Å². The third-order valence-electron chi connectivity index (χ3n) is 3.58. The van der Waals surface area contributed by atoms with E-state index in [0.717, 1.165) is 23.3 Å². The van der Waals surface area contributed by atoms with Gasteiger partial charge in [0, 0.05) is 19.6 Å². The highest BCUT2D eigenvalue weighted by molar-refractivity contribution is 5.73. The molecule has 128 valence electrons. The van der Waals surface area contributed by atoms with Crippen LogP contribution >= 0.6 is 0 Å². The number of aryl methyl sites for hydroxylation is 1. The fourth-order valence-corrected chi connectivity index (χ4v) is 2.21. The molecule has 0 saturated carbocycles. The molecule has 2 aromatic carbocycles. The highest BCUT2D eigenvalue weighted by atomic mass is 16.5. The predicted octanol–water partition coefficient (Wildman–Crippen LogP) is 2.72. The fourth-order valence-electron chi connectivity index (χ4n) is 2.21. The van der Waals surface area contributed by atoms with Gasteiger partial charge in [-0.05, 0) is 36.6 Å². The Bertz CT molecular complexity index is 641. The Hall–Kier alpha value is -2.53. The Labute approximate surface area is 143 Å². The van der Waals surface area contributed by atoms with Gasteiger partial charge in [0.25, 0.3) is 0 Å². The van der Waals surface area contributed by atoms with Crippen LogP contribution in [-0.4, -0.2) is 19.2 Å². The molecule has 0 atom stereocenters. The molecule has 0 saturated heterocycles. The van der Waals surface area contributed by atoms with Crippen molar-refractivity contribution in [3.63, 3.8) is 0 Å².